The first-order valence-corrected chi connectivity index (χ1v) is 10.8. The van der Waals surface area contributed by atoms with Crippen molar-refractivity contribution >= 4 is 35.3 Å². The summed E-state index contributed by atoms with van der Waals surface area (Å²) in [6, 6.07) is 18.4. The number of fused-ring (bicyclic) bond motifs is 3. The number of aromatic carboxylic acids is 1. The zero-order chi connectivity index (χ0) is 24.2. The van der Waals surface area contributed by atoms with Crippen LogP contribution in [0.25, 0.3) is 11.1 Å². The summed E-state index contributed by atoms with van der Waals surface area (Å²) in [6.45, 7) is -0.239. The second kappa shape index (κ2) is 9.84. The average Bonchev–Trinajstić information content (AvgIpc) is 3.16. The van der Waals surface area contributed by atoms with Crippen LogP contribution in [0.4, 0.5) is 10.5 Å². The highest BCUT2D eigenvalue weighted by Crippen LogP contribution is 2.44. The molecule has 8 nitrogen and oxygen atoms in total. The molecule has 1 aliphatic carbocycles. The maximum Gasteiger partial charge on any atom is 0.407 e. The van der Waals surface area contributed by atoms with Gasteiger partial charge in [-0.1, -0.05) is 60.1 Å². The minimum absolute atomic E-state index is 0.0210. The molecule has 3 aromatic rings. The topological polar surface area (TPSA) is 114 Å². The largest absolute Gasteiger partial charge is 0.496 e. The summed E-state index contributed by atoms with van der Waals surface area (Å²) in [5.41, 5.74) is 4.43. The monoisotopic (exact) mass is 480 g/mol. The normalized spacial score (nSPS) is 11.8. The SMILES string of the molecule is COc1cc(NC(=O)CNC(=O)OCC2c3ccccc3-c3ccccc32)c(Cl)cc1C(=O)O. The molecule has 0 bridgehead atoms. The van der Waals surface area contributed by atoms with Crippen LogP contribution in [0.1, 0.15) is 27.4 Å². The molecular weight excluding hydrogens is 460 g/mol. The van der Waals surface area contributed by atoms with Crippen LogP contribution in [0, 0.1) is 0 Å². The van der Waals surface area contributed by atoms with Gasteiger partial charge in [0.25, 0.3) is 0 Å². The van der Waals surface area contributed by atoms with Crippen LogP contribution in [-0.4, -0.2) is 43.3 Å². The Morgan fingerprint density at radius 3 is 2.21 bits per heavy atom. The van der Waals surface area contributed by atoms with E-state index in [2.05, 4.69) is 10.6 Å². The van der Waals surface area contributed by atoms with Crippen LogP contribution in [0.3, 0.4) is 0 Å². The fraction of sp³-hybridized carbons (Fsp3) is 0.160. The summed E-state index contributed by atoms with van der Waals surface area (Å²) in [4.78, 5) is 35.8. The Kier molecular flexibility index (Phi) is 6.70. The highest BCUT2D eigenvalue weighted by atomic mass is 35.5. The van der Waals surface area contributed by atoms with Gasteiger partial charge in [-0.2, -0.15) is 0 Å². The number of amides is 2. The van der Waals surface area contributed by atoms with Gasteiger partial charge in [0.05, 0.1) is 17.8 Å². The number of halogens is 1. The summed E-state index contributed by atoms with van der Waals surface area (Å²) < 4.78 is 10.4. The van der Waals surface area contributed by atoms with E-state index in [0.717, 1.165) is 22.3 Å². The van der Waals surface area contributed by atoms with E-state index in [0.29, 0.717) is 0 Å². The van der Waals surface area contributed by atoms with Gasteiger partial charge in [-0.25, -0.2) is 9.59 Å². The van der Waals surface area contributed by atoms with Crippen molar-refractivity contribution in [2.45, 2.75) is 5.92 Å². The molecule has 0 unspecified atom stereocenters. The molecule has 3 aromatic carbocycles. The third-order valence-electron chi connectivity index (χ3n) is 5.53. The number of nitrogens with one attached hydrogen (secondary N) is 2. The summed E-state index contributed by atoms with van der Waals surface area (Å²) in [5, 5.41) is 14.1. The van der Waals surface area contributed by atoms with Crippen molar-refractivity contribution in [3.8, 4) is 16.9 Å². The maximum atomic E-state index is 12.3. The zero-order valence-electron chi connectivity index (χ0n) is 18.1. The lowest BCUT2D eigenvalue weighted by molar-refractivity contribution is -0.115. The summed E-state index contributed by atoms with van der Waals surface area (Å²) in [7, 11) is 1.31. The van der Waals surface area contributed by atoms with Crippen molar-refractivity contribution in [1.82, 2.24) is 5.32 Å². The van der Waals surface area contributed by atoms with Crippen LogP contribution in [-0.2, 0) is 9.53 Å². The molecule has 1 aliphatic rings. The predicted octanol–water partition coefficient (Wildman–Crippen LogP) is 4.52. The van der Waals surface area contributed by atoms with E-state index < -0.39 is 18.0 Å². The quantitative estimate of drug-likeness (QED) is 0.458. The van der Waals surface area contributed by atoms with Crippen LogP contribution < -0.4 is 15.4 Å². The summed E-state index contributed by atoms with van der Waals surface area (Å²) >= 11 is 6.07. The lowest BCUT2D eigenvalue weighted by Gasteiger charge is -2.15. The van der Waals surface area contributed by atoms with Crippen molar-refractivity contribution in [1.29, 1.82) is 0 Å². The molecule has 0 atom stereocenters. The zero-order valence-corrected chi connectivity index (χ0v) is 18.9. The van der Waals surface area contributed by atoms with E-state index in [1.165, 1.54) is 19.2 Å². The molecule has 3 N–H and O–H groups in total. The highest BCUT2D eigenvalue weighted by molar-refractivity contribution is 6.34. The molecule has 0 aliphatic heterocycles. The Bertz CT molecular complexity index is 1230. The Morgan fingerprint density at radius 2 is 1.62 bits per heavy atom. The molecule has 2 amide bonds. The first kappa shape index (κ1) is 23.1. The number of carboxylic acids is 1. The average molecular weight is 481 g/mol. The molecule has 0 heterocycles. The summed E-state index contributed by atoms with van der Waals surface area (Å²) in [5.74, 6) is -1.84. The number of carboxylic acid groups (broad SMARTS) is 1. The molecule has 0 saturated heterocycles. The van der Waals surface area contributed by atoms with Gasteiger partial charge in [0.15, 0.2) is 0 Å². The number of benzene rings is 3. The molecule has 34 heavy (non-hydrogen) atoms. The lowest BCUT2D eigenvalue weighted by Crippen LogP contribution is -2.34. The van der Waals surface area contributed by atoms with Gasteiger partial charge in [0.1, 0.15) is 24.5 Å². The van der Waals surface area contributed by atoms with E-state index in [1.54, 1.807) is 0 Å². The number of methoxy groups -OCH3 is 1. The Balaban J connectivity index is 1.34. The number of hydrogen-bond acceptors (Lipinski definition) is 5. The number of anilines is 1. The van der Waals surface area contributed by atoms with Crippen molar-refractivity contribution in [3.63, 3.8) is 0 Å². The van der Waals surface area contributed by atoms with Gasteiger partial charge in [-0.05, 0) is 28.3 Å². The first-order valence-electron chi connectivity index (χ1n) is 10.4. The van der Waals surface area contributed by atoms with Crippen LogP contribution in [0.2, 0.25) is 5.02 Å². The number of alkyl carbamates (subject to hydrolysis) is 1. The molecule has 0 saturated carbocycles. The molecular formula is C25H21ClN2O6. The van der Waals surface area contributed by atoms with E-state index in [-0.39, 0.29) is 41.1 Å². The molecule has 0 spiro atoms. The smallest absolute Gasteiger partial charge is 0.407 e. The van der Waals surface area contributed by atoms with Gasteiger partial charge in [0, 0.05) is 12.0 Å². The molecule has 0 radical (unpaired) electrons. The minimum Gasteiger partial charge on any atom is -0.496 e. The number of carbonyl (C=O) groups is 3. The van der Waals surface area contributed by atoms with Crippen molar-refractivity contribution in [2.75, 3.05) is 25.6 Å². The standard InChI is InChI=1S/C25H21ClN2O6/c1-33-22-11-21(20(26)10-18(22)24(30)31)28-23(29)12-27-25(32)34-13-19-16-8-4-2-6-14(16)15-7-3-5-9-17(15)19/h2-11,19H,12-13H2,1H3,(H,27,32)(H,28,29)(H,30,31). The minimum atomic E-state index is -1.21. The van der Waals surface area contributed by atoms with E-state index in [9.17, 15) is 19.5 Å². The molecule has 0 fully saturated rings. The van der Waals surface area contributed by atoms with Gasteiger partial charge >= 0.3 is 12.1 Å². The van der Waals surface area contributed by atoms with E-state index >= 15 is 0 Å². The van der Waals surface area contributed by atoms with Gasteiger partial charge in [-0.15, -0.1) is 0 Å². The fourth-order valence-corrected chi connectivity index (χ4v) is 4.19. The number of carbonyl (C=O) groups excluding carboxylic acids is 2. The van der Waals surface area contributed by atoms with Crippen molar-refractivity contribution in [3.05, 3.63) is 82.4 Å². The Morgan fingerprint density at radius 1 is 1.00 bits per heavy atom. The number of ether oxygens (including phenoxy) is 2. The van der Waals surface area contributed by atoms with Gasteiger partial charge in [-0.3, -0.25) is 4.79 Å². The summed E-state index contributed by atoms with van der Waals surface area (Å²) in [6.07, 6.45) is -0.734. The third-order valence-corrected chi connectivity index (χ3v) is 5.84. The van der Waals surface area contributed by atoms with Crippen molar-refractivity contribution < 1.29 is 29.0 Å². The molecule has 9 heteroatoms. The van der Waals surface area contributed by atoms with E-state index in [1.807, 2.05) is 48.5 Å². The van der Waals surface area contributed by atoms with Crippen molar-refractivity contribution in [2.24, 2.45) is 0 Å². The second-order valence-corrected chi connectivity index (χ2v) is 7.97. The maximum absolute atomic E-state index is 12.3. The molecule has 174 valence electrons. The molecule has 0 aromatic heterocycles. The Labute approximate surface area is 200 Å². The highest BCUT2D eigenvalue weighted by Gasteiger charge is 2.29. The van der Waals surface area contributed by atoms with Crippen LogP contribution >= 0.6 is 11.6 Å². The number of rotatable bonds is 7. The number of hydrogen-bond donors (Lipinski definition) is 3. The van der Waals surface area contributed by atoms with Gasteiger partial charge in [0.2, 0.25) is 5.91 Å². The second-order valence-electron chi connectivity index (χ2n) is 7.56. The predicted molar refractivity (Wildman–Crippen MR) is 127 cm³/mol. The van der Waals surface area contributed by atoms with Crippen LogP contribution in [0.5, 0.6) is 5.75 Å². The third kappa shape index (κ3) is 4.67. The van der Waals surface area contributed by atoms with Crippen LogP contribution in [0.15, 0.2) is 60.7 Å². The Hall–Kier alpha value is -4.04. The van der Waals surface area contributed by atoms with E-state index in [4.69, 9.17) is 21.1 Å². The lowest BCUT2D eigenvalue weighted by atomic mass is 9.98. The first-order chi connectivity index (χ1) is 16.4. The molecule has 4 rings (SSSR count). The fourth-order valence-electron chi connectivity index (χ4n) is 3.98. The van der Waals surface area contributed by atoms with Gasteiger partial charge < -0.3 is 25.2 Å².